The number of carbonyl (C=O) groups excluding carboxylic acids is 1. The van der Waals surface area contributed by atoms with Crippen molar-refractivity contribution in [2.45, 2.75) is 25.4 Å². The molecule has 1 aromatic carbocycles. The largest absolute Gasteiger partial charge is 0.340 e. The third-order valence-electron chi connectivity index (χ3n) is 3.80. The summed E-state index contributed by atoms with van der Waals surface area (Å²) >= 11 is 0. The van der Waals surface area contributed by atoms with Gasteiger partial charge in [-0.25, -0.2) is 0 Å². The van der Waals surface area contributed by atoms with Crippen molar-refractivity contribution in [1.82, 2.24) is 9.80 Å². The molecule has 1 aromatic rings. The van der Waals surface area contributed by atoms with Gasteiger partial charge in [-0.3, -0.25) is 9.69 Å². The molecule has 0 spiro atoms. The summed E-state index contributed by atoms with van der Waals surface area (Å²) in [6, 6.07) is 10.5. The maximum Gasteiger partial charge on any atom is 0.236 e. The van der Waals surface area contributed by atoms with E-state index < -0.39 is 0 Å². The van der Waals surface area contributed by atoms with E-state index in [2.05, 4.69) is 4.90 Å². The van der Waals surface area contributed by atoms with Crippen LogP contribution in [0.2, 0.25) is 0 Å². The average Bonchev–Trinajstić information content (AvgIpc) is 2.87. The van der Waals surface area contributed by atoms with Crippen molar-refractivity contribution in [3.8, 4) is 0 Å². The van der Waals surface area contributed by atoms with E-state index in [1.165, 1.54) is 0 Å². The predicted molar refractivity (Wildman–Crippen MR) is 83.8 cm³/mol. The van der Waals surface area contributed by atoms with Gasteiger partial charge in [0.15, 0.2) is 0 Å². The molecule has 1 aliphatic heterocycles. The first-order chi connectivity index (χ1) is 9.20. The summed E-state index contributed by atoms with van der Waals surface area (Å²) < 4.78 is 0. The molecule has 0 aromatic heterocycles. The van der Waals surface area contributed by atoms with E-state index in [1.54, 1.807) is 4.90 Å². The van der Waals surface area contributed by atoms with E-state index in [4.69, 9.17) is 5.73 Å². The molecule has 4 nitrogen and oxygen atoms in total. The van der Waals surface area contributed by atoms with Crippen LogP contribution in [0.15, 0.2) is 30.3 Å². The Balaban J connectivity index is 0.00000200. The van der Waals surface area contributed by atoms with Crippen LogP contribution in [-0.2, 0) is 11.3 Å². The van der Waals surface area contributed by atoms with E-state index in [1.807, 2.05) is 37.4 Å². The van der Waals surface area contributed by atoms with Crippen molar-refractivity contribution in [1.29, 1.82) is 0 Å². The van der Waals surface area contributed by atoms with Crippen LogP contribution in [0.1, 0.15) is 18.4 Å². The summed E-state index contributed by atoms with van der Waals surface area (Å²) in [4.78, 5) is 16.2. The fraction of sp³-hybridized carbons (Fsp3) is 0.533. The molecule has 1 amide bonds. The molecular formula is C15H24ClN3O. The summed E-state index contributed by atoms with van der Waals surface area (Å²) in [5, 5.41) is 0. The number of nitrogens with two attached hydrogens (primary N) is 1. The maximum absolute atomic E-state index is 12.2. The molecule has 0 aliphatic carbocycles. The van der Waals surface area contributed by atoms with E-state index in [0.29, 0.717) is 25.7 Å². The fourth-order valence-electron chi connectivity index (χ4n) is 2.61. The third-order valence-corrected chi connectivity index (χ3v) is 3.80. The van der Waals surface area contributed by atoms with Gasteiger partial charge in [-0.15, -0.1) is 12.4 Å². The lowest BCUT2D eigenvalue weighted by atomic mass is 10.2. The van der Waals surface area contributed by atoms with Crippen LogP contribution < -0.4 is 5.73 Å². The Bertz CT molecular complexity index is 413. The van der Waals surface area contributed by atoms with Gasteiger partial charge < -0.3 is 10.6 Å². The number of amides is 1. The van der Waals surface area contributed by atoms with E-state index in [0.717, 1.165) is 24.9 Å². The van der Waals surface area contributed by atoms with Crippen LogP contribution in [0.4, 0.5) is 0 Å². The number of hydrogen-bond acceptors (Lipinski definition) is 3. The van der Waals surface area contributed by atoms with Crippen molar-refractivity contribution in [3.63, 3.8) is 0 Å². The van der Waals surface area contributed by atoms with Crippen molar-refractivity contribution < 1.29 is 4.79 Å². The standard InChI is InChI=1S/C15H23N3O.ClH/c1-17(11-13-6-3-2-4-7-13)15(19)12-18-9-5-8-14(18)10-16;/h2-4,6-7,14H,5,8-12,16H2,1H3;1H. The first-order valence-corrected chi connectivity index (χ1v) is 6.92. The van der Waals surface area contributed by atoms with Crippen LogP contribution in [0, 0.1) is 0 Å². The van der Waals surface area contributed by atoms with Gasteiger partial charge in [0.25, 0.3) is 0 Å². The SMILES string of the molecule is CN(Cc1ccccc1)C(=O)CN1CCCC1CN.Cl. The van der Waals surface area contributed by atoms with Crippen molar-refractivity contribution >= 4 is 18.3 Å². The maximum atomic E-state index is 12.2. The first kappa shape index (κ1) is 17.0. The summed E-state index contributed by atoms with van der Waals surface area (Å²) in [5.74, 6) is 0.171. The minimum Gasteiger partial charge on any atom is -0.340 e. The zero-order chi connectivity index (χ0) is 13.7. The quantitative estimate of drug-likeness (QED) is 0.896. The minimum absolute atomic E-state index is 0. The van der Waals surface area contributed by atoms with Crippen LogP contribution in [0.25, 0.3) is 0 Å². The lowest BCUT2D eigenvalue weighted by molar-refractivity contribution is -0.131. The van der Waals surface area contributed by atoms with Gasteiger partial charge in [0, 0.05) is 26.2 Å². The fourth-order valence-corrected chi connectivity index (χ4v) is 2.61. The Kier molecular flexibility index (Phi) is 6.99. The molecule has 20 heavy (non-hydrogen) atoms. The Morgan fingerprint density at radius 1 is 1.40 bits per heavy atom. The Morgan fingerprint density at radius 3 is 2.75 bits per heavy atom. The highest BCUT2D eigenvalue weighted by Gasteiger charge is 2.25. The number of carbonyl (C=O) groups is 1. The number of nitrogens with zero attached hydrogens (tertiary/aromatic N) is 2. The average molecular weight is 298 g/mol. The molecule has 0 radical (unpaired) electrons. The van der Waals surface area contributed by atoms with Gasteiger partial charge in [-0.05, 0) is 24.9 Å². The first-order valence-electron chi connectivity index (χ1n) is 6.92. The molecular weight excluding hydrogens is 274 g/mol. The van der Waals surface area contributed by atoms with Crippen LogP contribution in [0.3, 0.4) is 0 Å². The minimum atomic E-state index is 0. The van der Waals surface area contributed by atoms with Crippen LogP contribution >= 0.6 is 12.4 Å². The number of benzene rings is 1. The zero-order valence-electron chi connectivity index (χ0n) is 12.0. The number of hydrogen-bond donors (Lipinski definition) is 1. The summed E-state index contributed by atoms with van der Waals surface area (Å²) in [6.07, 6.45) is 2.27. The van der Waals surface area contributed by atoms with E-state index >= 15 is 0 Å². The van der Waals surface area contributed by atoms with E-state index in [9.17, 15) is 4.79 Å². The highest BCUT2D eigenvalue weighted by Crippen LogP contribution is 2.16. The van der Waals surface area contributed by atoms with Crippen LogP contribution in [-0.4, -0.2) is 48.4 Å². The van der Waals surface area contributed by atoms with Crippen LogP contribution in [0.5, 0.6) is 0 Å². The second-order valence-corrected chi connectivity index (χ2v) is 5.24. The second kappa shape index (κ2) is 8.25. The van der Waals surface area contributed by atoms with E-state index in [-0.39, 0.29) is 18.3 Å². The molecule has 0 bridgehead atoms. The lowest BCUT2D eigenvalue weighted by Crippen LogP contribution is -2.43. The van der Waals surface area contributed by atoms with Gasteiger partial charge >= 0.3 is 0 Å². The number of likely N-dealkylation sites (N-methyl/N-ethyl adjacent to an activating group) is 1. The summed E-state index contributed by atoms with van der Waals surface area (Å²) in [6.45, 7) is 2.80. The zero-order valence-corrected chi connectivity index (χ0v) is 12.8. The molecule has 1 fully saturated rings. The molecule has 2 rings (SSSR count). The Morgan fingerprint density at radius 2 is 2.10 bits per heavy atom. The highest BCUT2D eigenvalue weighted by atomic mass is 35.5. The molecule has 1 aliphatic rings. The van der Waals surface area contributed by atoms with Gasteiger partial charge in [0.05, 0.1) is 6.54 Å². The van der Waals surface area contributed by atoms with Crippen molar-refractivity contribution in [3.05, 3.63) is 35.9 Å². The predicted octanol–water partition coefficient (Wildman–Crippen LogP) is 1.49. The molecule has 112 valence electrons. The van der Waals surface area contributed by atoms with Gasteiger partial charge in [0.2, 0.25) is 5.91 Å². The molecule has 2 N–H and O–H groups in total. The molecule has 0 saturated carbocycles. The molecule has 1 unspecified atom stereocenters. The summed E-state index contributed by atoms with van der Waals surface area (Å²) in [7, 11) is 1.86. The highest BCUT2D eigenvalue weighted by molar-refractivity contribution is 5.85. The smallest absolute Gasteiger partial charge is 0.236 e. The Labute approximate surface area is 127 Å². The van der Waals surface area contributed by atoms with Crippen molar-refractivity contribution in [2.75, 3.05) is 26.7 Å². The Hall–Kier alpha value is -1.10. The number of rotatable bonds is 5. The molecule has 1 heterocycles. The lowest BCUT2D eigenvalue weighted by Gasteiger charge is -2.25. The number of likely N-dealkylation sites (tertiary alicyclic amines) is 1. The topological polar surface area (TPSA) is 49.6 Å². The third kappa shape index (κ3) is 4.47. The molecule has 5 heteroatoms. The molecule has 1 saturated heterocycles. The normalized spacial score (nSPS) is 18.6. The van der Waals surface area contributed by atoms with Gasteiger partial charge in [-0.2, -0.15) is 0 Å². The van der Waals surface area contributed by atoms with Gasteiger partial charge in [-0.1, -0.05) is 30.3 Å². The molecule has 1 atom stereocenters. The monoisotopic (exact) mass is 297 g/mol. The second-order valence-electron chi connectivity index (χ2n) is 5.24. The van der Waals surface area contributed by atoms with Crippen molar-refractivity contribution in [2.24, 2.45) is 5.73 Å². The number of halogens is 1. The van der Waals surface area contributed by atoms with Gasteiger partial charge in [0.1, 0.15) is 0 Å². The summed E-state index contributed by atoms with van der Waals surface area (Å²) in [5.41, 5.74) is 6.90.